The van der Waals surface area contributed by atoms with E-state index in [1.165, 1.54) is 0 Å². The molecule has 4 heteroatoms. The number of carbonyl (C=O) groups is 1. The summed E-state index contributed by atoms with van der Waals surface area (Å²) in [5.41, 5.74) is 5.86. The minimum Gasteiger partial charge on any atom is -0.375 e. The Bertz CT molecular complexity index is 164. The second-order valence-corrected chi connectivity index (χ2v) is 2.33. The van der Waals surface area contributed by atoms with Crippen LogP contribution in [0.4, 0.5) is 0 Å². The van der Waals surface area contributed by atoms with E-state index in [1.54, 1.807) is 0 Å². The van der Waals surface area contributed by atoms with Gasteiger partial charge in [-0.15, -0.1) is 0 Å². The fraction of sp³-hybridized carbons (Fsp3) is 0.500. The first-order valence-electron chi connectivity index (χ1n) is 3.14. The zero-order valence-corrected chi connectivity index (χ0v) is 5.68. The summed E-state index contributed by atoms with van der Waals surface area (Å²) in [4.78, 5) is 10.6. The van der Waals surface area contributed by atoms with Gasteiger partial charge in [0.2, 0.25) is 5.91 Å². The Morgan fingerprint density at radius 2 is 2.50 bits per heavy atom. The summed E-state index contributed by atoms with van der Waals surface area (Å²) in [5, 5.41) is 5.89. The Hall–Kier alpha value is -1.03. The molecule has 0 saturated carbocycles. The lowest BCUT2D eigenvalue weighted by Gasteiger charge is -2.24. The van der Waals surface area contributed by atoms with Gasteiger partial charge in [-0.1, -0.05) is 6.58 Å². The van der Waals surface area contributed by atoms with Crippen LogP contribution in [0.2, 0.25) is 0 Å². The summed E-state index contributed by atoms with van der Waals surface area (Å²) < 4.78 is 0. The highest BCUT2D eigenvalue weighted by Gasteiger charge is 2.18. The van der Waals surface area contributed by atoms with Crippen LogP contribution in [0.25, 0.3) is 0 Å². The van der Waals surface area contributed by atoms with Crippen LogP contribution in [0.15, 0.2) is 12.3 Å². The Morgan fingerprint density at radius 3 is 2.90 bits per heavy atom. The topological polar surface area (TPSA) is 67.1 Å². The van der Waals surface area contributed by atoms with Gasteiger partial charge in [0.25, 0.3) is 0 Å². The molecule has 0 aromatic rings. The van der Waals surface area contributed by atoms with Crippen molar-refractivity contribution in [3.63, 3.8) is 0 Å². The molecule has 1 aliphatic rings. The normalized spacial score (nSPS) is 25.6. The van der Waals surface area contributed by atoms with Gasteiger partial charge in [0.05, 0.1) is 0 Å². The third kappa shape index (κ3) is 1.48. The number of hydrogen-bond acceptors (Lipinski definition) is 3. The van der Waals surface area contributed by atoms with E-state index in [0.29, 0.717) is 13.1 Å². The summed E-state index contributed by atoms with van der Waals surface area (Å²) in [6.45, 7) is 4.97. The summed E-state index contributed by atoms with van der Waals surface area (Å²) in [6.07, 6.45) is 0. The molecule has 1 saturated heterocycles. The molecule has 1 fully saturated rings. The summed E-state index contributed by atoms with van der Waals surface area (Å²) >= 11 is 0. The minimum atomic E-state index is -0.339. The maximum Gasteiger partial charge on any atom is 0.241 e. The molecule has 4 N–H and O–H groups in total. The molecular weight excluding hydrogens is 130 g/mol. The van der Waals surface area contributed by atoms with E-state index in [4.69, 9.17) is 5.73 Å². The Morgan fingerprint density at radius 1 is 1.80 bits per heavy atom. The van der Waals surface area contributed by atoms with Crippen molar-refractivity contribution in [1.82, 2.24) is 10.6 Å². The van der Waals surface area contributed by atoms with E-state index in [-0.39, 0.29) is 11.9 Å². The first kappa shape index (κ1) is 7.08. The SMILES string of the molecule is C=C1CNCC(C(N)=O)N1. The van der Waals surface area contributed by atoms with Gasteiger partial charge in [0, 0.05) is 18.8 Å². The average molecular weight is 141 g/mol. The van der Waals surface area contributed by atoms with E-state index in [1.807, 2.05) is 0 Å². The van der Waals surface area contributed by atoms with Crippen molar-refractivity contribution in [2.45, 2.75) is 6.04 Å². The van der Waals surface area contributed by atoms with Crippen LogP contribution in [-0.4, -0.2) is 25.0 Å². The summed E-state index contributed by atoms with van der Waals surface area (Å²) in [5.74, 6) is -0.339. The zero-order chi connectivity index (χ0) is 7.56. The number of nitrogens with one attached hydrogen (secondary N) is 2. The van der Waals surface area contributed by atoms with Crippen molar-refractivity contribution < 1.29 is 4.79 Å². The van der Waals surface area contributed by atoms with Crippen molar-refractivity contribution in [3.8, 4) is 0 Å². The van der Waals surface area contributed by atoms with E-state index < -0.39 is 0 Å². The molecule has 0 radical (unpaired) electrons. The first-order valence-corrected chi connectivity index (χ1v) is 3.14. The molecule has 0 aliphatic carbocycles. The number of rotatable bonds is 1. The third-order valence-electron chi connectivity index (χ3n) is 1.41. The van der Waals surface area contributed by atoms with E-state index in [0.717, 1.165) is 5.70 Å². The Balaban J connectivity index is 2.47. The molecule has 4 nitrogen and oxygen atoms in total. The molecule has 0 spiro atoms. The Kier molecular flexibility index (Phi) is 1.91. The molecule has 1 unspecified atom stereocenters. The molecule has 1 aliphatic heterocycles. The zero-order valence-electron chi connectivity index (χ0n) is 5.68. The fourth-order valence-corrected chi connectivity index (χ4v) is 0.888. The van der Waals surface area contributed by atoms with Gasteiger partial charge in [-0.05, 0) is 0 Å². The highest BCUT2D eigenvalue weighted by Crippen LogP contribution is 1.93. The summed E-state index contributed by atoms with van der Waals surface area (Å²) in [7, 11) is 0. The molecule has 1 rings (SSSR count). The predicted molar refractivity (Wildman–Crippen MR) is 38.1 cm³/mol. The highest BCUT2D eigenvalue weighted by atomic mass is 16.1. The standard InChI is InChI=1S/C6H11N3O/c1-4-2-8-3-5(9-4)6(7)10/h5,8-9H,1-3H2,(H2,7,10). The highest BCUT2D eigenvalue weighted by molar-refractivity contribution is 5.80. The van der Waals surface area contributed by atoms with Crippen LogP contribution in [0, 0.1) is 0 Å². The molecule has 0 aromatic carbocycles. The van der Waals surface area contributed by atoms with Gasteiger partial charge in [-0.3, -0.25) is 4.79 Å². The van der Waals surface area contributed by atoms with Crippen molar-refractivity contribution in [2.75, 3.05) is 13.1 Å². The van der Waals surface area contributed by atoms with Crippen molar-refractivity contribution in [1.29, 1.82) is 0 Å². The maximum atomic E-state index is 10.6. The van der Waals surface area contributed by atoms with Crippen LogP contribution in [0.5, 0.6) is 0 Å². The maximum absolute atomic E-state index is 10.6. The fourth-order valence-electron chi connectivity index (χ4n) is 0.888. The molecule has 0 bridgehead atoms. The number of nitrogens with two attached hydrogens (primary N) is 1. The van der Waals surface area contributed by atoms with Crippen LogP contribution in [-0.2, 0) is 4.79 Å². The number of primary amides is 1. The number of amides is 1. The number of carbonyl (C=O) groups excluding carboxylic acids is 1. The predicted octanol–water partition coefficient (Wildman–Crippen LogP) is -1.45. The molecular formula is C6H11N3O. The van der Waals surface area contributed by atoms with Gasteiger partial charge in [-0.25, -0.2) is 0 Å². The van der Waals surface area contributed by atoms with Crippen molar-refractivity contribution in [3.05, 3.63) is 12.3 Å². The Labute approximate surface area is 59.5 Å². The van der Waals surface area contributed by atoms with Gasteiger partial charge in [0.15, 0.2) is 0 Å². The second kappa shape index (κ2) is 2.70. The van der Waals surface area contributed by atoms with Crippen molar-refractivity contribution >= 4 is 5.91 Å². The van der Waals surface area contributed by atoms with Crippen LogP contribution in [0.1, 0.15) is 0 Å². The smallest absolute Gasteiger partial charge is 0.241 e. The lowest BCUT2D eigenvalue weighted by atomic mass is 10.2. The van der Waals surface area contributed by atoms with Crippen LogP contribution < -0.4 is 16.4 Å². The molecule has 10 heavy (non-hydrogen) atoms. The molecule has 1 amide bonds. The van der Waals surface area contributed by atoms with E-state index in [9.17, 15) is 4.79 Å². The minimum absolute atomic E-state index is 0.291. The van der Waals surface area contributed by atoms with E-state index in [2.05, 4.69) is 17.2 Å². The van der Waals surface area contributed by atoms with Gasteiger partial charge >= 0.3 is 0 Å². The molecule has 1 heterocycles. The lowest BCUT2D eigenvalue weighted by Crippen LogP contribution is -2.53. The lowest BCUT2D eigenvalue weighted by molar-refractivity contribution is -0.119. The quantitative estimate of drug-likeness (QED) is 0.418. The van der Waals surface area contributed by atoms with Gasteiger partial charge in [0.1, 0.15) is 6.04 Å². The second-order valence-electron chi connectivity index (χ2n) is 2.33. The van der Waals surface area contributed by atoms with E-state index >= 15 is 0 Å². The monoisotopic (exact) mass is 141 g/mol. The summed E-state index contributed by atoms with van der Waals surface area (Å²) in [6, 6.07) is -0.291. The van der Waals surface area contributed by atoms with Crippen LogP contribution in [0.3, 0.4) is 0 Å². The van der Waals surface area contributed by atoms with Gasteiger partial charge < -0.3 is 16.4 Å². The average Bonchev–Trinajstić information content (AvgIpc) is 1.88. The van der Waals surface area contributed by atoms with Crippen molar-refractivity contribution in [2.24, 2.45) is 5.73 Å². The largest absolute Gasteiger partial charge is 0.375 e. The number of piperazine rings is 1. The first-order chi connectivity index (χ1) is 4.70. The third-order valence-corrected chi connectivity index (χ3v) is 1.41. The molecule has 1 atom stereocenters. The molecule has 0 aromatic heterocycles. The molecule has 56 valence electrons. The number of hydrogen-bond donors (Lipinski definition) is 3. The van der Waals surface area contributed by atoms with Gasteiger partial charge in [-0.2, -0.15) is 0 Å². The van der Waals surface area contributed by atoms with Crippen LogP contribution >= 0.6 is 0 Å².